The third kappa shape index (κ3) is 2.90. The largest absolute Gasteiger partial charge is 0.367 e. The first-order chi connectivity index (χ1) is 8.22. The molecule has 1 unspecified atom stereocenters. The van der Waals surface area contributed by atoms with Crippen molar-refractivity contribution in [3.05, 3.63) is 40.4 Å². The molecule has 3 heteroatoms. The van der Waals surface area contributed by atoms with Gasteiger partial charge in [-0.15, -0.1) is 0 Å². The van der Waals surface area contributed by atoms with Gasteiger partial charge in [-0.25, -0.2) is 0 Å². The van der Waals surface area contributed by atoms with Gasteiger partial charge in [0.05, 0.1) is 5.69 Å². The zero-order valence-electron chi connectivity index (χ0n) is 10.4. The standard InChI is InChI=1S/C14H19BrN2/c1-11(16-2)12-6-7-14(13(15)10-12)17-8-4-3-5-9-17/h3-4,6-7,10-11,16H,5,8-9H2,1-2H3. The van der Waals surface area contributed by atoms with Crippen molar-refractivity contribution in [1.82, 2.24) is 5.32 Å². The van der Waals surface area contributed by atoms with E-state index in [-0.39, 0.29) is 0 Å². The van der Waals surface area contributed by atoms with E-state index in [2.05, 4.69) is 63.4 Å². The van der Waals surface area contributed by atoms with Crippen molar-refractivity contribution in [2.75, 3.05) is 25.0 Å². The monoisotopic (exact) mass is 294 g/mol. The lowest BCUT2D eigenvalue weighted by Crippen LogP contribution is -2.27. The van der Waals surface area contributed by atoms with Gasteiger partial charge >= 0.3 is 0 Å². The third-order valence-electron chi connectivity index (χ3n) is 3.30. The van der Waals surface area contributed by atoms with Crippen molar-refractivity contribution >= 4 is 21.6 Å². The number of hydrogen-bond donors (Lipinski definition) is 1. The number of rotatable bonds is 3. The second kappa shape index (κ2) is 5.69. The van der Waals surface area contributed by atoms with Crippen LogP contribution in [-0.2, 0) is 0 Å². The molecule has 1 aromatic carbocycles. The molecule has 0 amide bonds. The molecule has 1 heterocycles. The van der Waals surface area contributed by atoms with E-state index in [0.717, 1.165) is 19.5 Å². The molecule has 2 nitrogen and oxygen atoms in total. The van der Waals surface area contributed by atoms with Crippen molar-refractivity contribution < 1.29 is 0 Å². The highest BCUT2D eigenvalue weighted by Crippen LogP contribution is 2.30. The van der Waals surface area contributed by atoms with Crippen LogP contribution in [0.1, 0.15) is 24.9 Å². The van der Waals surface area contributed by atoms with E-state index >= 15 is 0 Å². The summed E-state index contributed by atoms with van der Waals surface area (Å²) in [5.74, 6) is 0. The summed E-state index contributed by atoms with van der Waals surface area (Å²) in [4.78, 5) is 2.40. The summed E-state index contributed by atoms with van der Waals surface area (Å²) in [7, 11) is 1.99. The number of halogens is 1. The Morgan fingerprint density at radius 1 is 1.35 bits per heavy atom. The molecule has 0 bridgehead atoms. The van der Waals surface area contributed by atoms with E-state index in [4.69, 9.17) is 0 Å². The Kier molecular flexibility index (Phi) is 4.24. The molecule has 1 N–H and O–H groups in total. The molecule has 1 aromatic rings. The van der Waals surface area contributed by atoms with Crippen LogP contribution in [0.2, 0.25) is 0 Å². The van der Waals surface area contributed by atoms with Crippen molar-refractivity contribution in [3.8, 4) is 0 Å². The van der Waals surface area contributed by atoms with Gasteiger partial charge in [0.2, 0.25) is 0 Å². The molecule has 92 valence electrons. The molecule has 0 saturated carbocycles. The lowest BCUT2D eigenvalue weighted by atomic mass is 10.1. The highest BCUT2D eigenvalue weighted by molar-refractivity contribution is 9.10. The van der Waals surface area contributed by atoms with Gasteiger partial charge in [-0.3, -0.25) is 0 Å². The molecule has 0 radical (unpaired) electrons. The van der Waals surface area contributed by atoms with Crippen molar-refractivity contribution in [2.45, 2.75) is 19.4 Å². The Bertz CT molecular complexity index is 415. The van der Waals surface area contributed by atoms with E-state index in [1.165, 1.54) is 15.7 Å². The van der Waals surface area contributed by atoms with Crippen LogP contribution in [0.4, 0.5) is 5.69 Å². The van der Waals surface area contributed by atoms with Crippen LogP contribution in [0.3, 0.4) is 0 Å². The normalized spacial score (nSPS) is 17.2. The summed E-state index contributed by atoms with van der Waals surface area (Å²) >= 11 is 3.69. The second-order valence-electron chi connectivity index (χ2n) is 4.43. The van der Waals surface area contributed by atoms with Gasteiger partial charge < -0.3 is 10.2 Å². The fourth-order valence-electron chi connectivity index (χ4n) is 2.08. The third-order valence-corrected chi connectivity index (χ3v) is 3.94. The van der Waals surface area contributed by atoms with Gasteiger partial charge in [0.25, 0.3) is 0 Å². The summed E-state index contributed by atoms with van der Waals surface area (Å²) in [6.07, 6.45) is 5.63. The molecule has 0 spiro atoms. The summed E-state index contributed by atoms with van der Waals surface area (Å²) in [6.45, 7) is 4.29. The fraction of sp³-hybridized carbons (Fsp3) is 0.429. The summed E-state index contributed by atoms with van der Waals surface area (Å²) < 4.78 is 1.19. The molecule has 1 aliphatic rings. The van der Waals surface area contributed by atoms with Gasteiger partial charge in [0, 0.05) is 23.6 Å². The van der Waals surface area contributed by atoms with E-state index < -0.39 is 0 Å². The Morgan fingerprint density at radius 2 is 2.18 bits per heavy atom. The van der Waals surface area contributed by atoms with Gasteiger partial charge in [-0.1, -0.05) is 18.2 Å². The van der Waals surface area contributed by atoms with Gasteiger partial charge in [-0.2, -0.15) is 0 Å². The first kappa shape index (κ1) is 12.7. The topological polar surface area (TPSA) is 15.3 Å². The molecule has 0 fully saturated rings. The quantitative estimate of drug-likeness (QED) is 0.859. The summed E-state index contributed by atoms with van der Waals surface area (Å²) in [5.41, 5.74) is 2.61. The van der Waals surface area contributed by atoms with Crippen molar-refractivity contribution in [3.63, 3.8) is 0 Å². The number of hydrogen-bond acceptors (Lipinski definition) is 2. The minimum absolute atomic E-state index is 0.390. The van der Waals surface area contributed by atoms with Gasteiger partial charge in [-0.05, 0) is 54.0 Å². The molecular formula is C14H19BrN2. The van der Waals surface area contributed by atoms with Crippen LogP contribution < -0.4 is 10.2 Å². The van der Waals surface area contributed by atoms with E-state index in [1.807, 2.05) is 7.05 Å². The average Bonchev–Trinajstić information content (AvgIpc) is 2.38. The van der Waals surface area contributed by atoms with Crippen LogP contribution in [0.5, 0.6) is 0 Å². The first-order valence-corrected chi connectivity index (χ1v) is 6.88. The molecule has 1 atom stereocenters. The summed E-state index contributed by atoms with van der Waals surface area (Å²) in [5, 5.41) is 3.26. The average molecular weight is 295 g/mol. The molecule has 17 heavy (non-hydrogen) atoms. The molecule has 0 saturated heterocycles. The smallest absolute Gasteiger partial charge is 0.0513 e. The Morgan fingerprint density at radius 3 is 2.76 bits per heavy atom. The minimum atomic E-state index is 0.390. The maximum atomic E-state index is 3.69. The van der Waals surface area contributed by atoms with Crippen molar-refractivity contribution in [1.29, 1.82) is 0 Å². The van der Waals surface area contributed by atoms with E-state index in [0.29, 0.717) is 6.04 Å². The number of nitrogens with one attached hydrogen (secondary N) is 1. The van der Waals surface area contributed by atoms with E-state index in [1.54, 1.807) is 0 Å². The van der Waals surface area contributed by atoms with Crippen LogP contribution in [0.15, 0.2) is 34.8 Å². The predicted molar refractivity (Wildman–Crippen MR) is 77.6 cm³/mol. The maximum Gasteiger partial charge on any atom is 0.0513 e. The Labute approximate surface area is 112 Å². The molecule has 0 aromatic heterocycles. The molecular weight excluding hydrogens is 276 g/mol. The lowest BCUT2D eigenvalue weighted by molar-refractivity contribution is 0.652. The summed E-state index contributed by atoms with van der Waals surface area (Å²) in [6, 6.07) is 7.03. The first-order valence-electron chi connectivity index (χ1n) is 6.09. The van der Waals surface area contributed by atoms with Crippen LogP contribution in [0.25, 0.3) is 0 Å². The number of benzene rings is 1. The molecule has 0 aliphatic carbocycles. The van der Waals surface area contributed by atoms with Gasteiger partial charge in [0.1, 0.15) is 0 Å². The van der Waals surface area contributed by atoms with Crippen molar-refractivity contribution in [2.24, 2.45) is 0 Å². The molecule has 1 aliphatic heterocycles. The number of nitrogens with zero attached hydrogens (tertiary/aromatic N) is 1. The van der Waals surface area contributed by atoms with E-state index in [9.17, 15) is 0 Å². The number of anilines is 1. The predicted octanol–water partition coefficient (Wildman–Crippen LogP) is 3.50. The molecule has 2 rings (SSSR count). The lowest BCUT2D eigenvalue weighted by Gasteiger charge is -2.27. The van der Waals surface area contributed by atoms with Crippen LogP contribution in [0, 0.1) is 0 Å². The van der Waals surface area contributed by atoms with Crippen LogP contribution >= 0.6 is 15.9 Å². The Hall–Kier alpha value is -0.800. The van der Waals surface area contributed by atoms with Gasteiger partial charge in [0.15, 0.2) is 0 Å². The zero-order chi connectivity index (χ0) is 12.3. The zero-order valence-corrected chi connectivity index (χ0v) is 12.0. The second-order valence-corrected chi connectivity index (χ2v) is 5.28. The highest BCUT2D eigenvalue weighted by atomic mass is 79.9. The fourth-order valence-corrected chi connectivity index (χ4v) is 2.72. The highest BCUT2D eigenvalue weighted by Gasteiger charge is 2.12. The van der Waals surface area contributed by atoms with Crippen LogP contribution in [-0.4, -0.2) is 20.1 Å². The Balaban J connectivity index is 2.22. The maximum absolute atomic E-state index is 3.69. The SMILES string of the molecule is CNC(C)c1ccc(N2CC=CCC2)c(Br)c1. The minimum Gasteiger partial charge on any atom is -0.367 e.